The number of hydrogen-bond acceptors (Lipinski definition) is 1. The molecule has 0 spiro atoms. The molecule has 110 valence electrons. The van der Waals surface area contributed by atoms with Crippen molar-refractivity contribution in [1.29, 1.82) is 0 Å². The van der Waals surface area contributed by atoms with Crippen LogP contribution in [-0.2, 0) is 24.1 Å². The number of carbonyl (C=O) groups is 1. The molecule has 0 unspecified atom stereocenters. The monoisotopic (exact) mass is 289 g/mol. The second-order valence-electron chi connectivity index (χ2n) is 6.28. The number of nitrogens with one attached hydrogen (secondary N) is 1. The number of hydrogen-bond donors (Lipinski definition) is 1. The second kappa shape index (κ2) is 5.13. The third-order valence-electron chi connectivity index (χ3n) is 4.90. The van der Waals surface area contributed by atoms with Crippen LogP contribution < -0.4 is 5.32 Å². The van der Waals surface area contributed by atoms with Crippen LogP contribution in [0.5, 0.6) is 0 Å². The van der Waals surface area contributed by atoms with Crippen molar-refractivity contribution in [3.05, 3.63) is 76.4 Å². The summed E-state index contributed by atoms with van der Waals surface area (Å²) in [5.41, 5.74) is 7.28. The Labute approximate surface area is 130 Å². The smallest absolute Gasteiger partial charge is 0.248 e. The molecular formula is C20H19NO. The van der Waals surface area contributed by atoms with E-state index in [4.69, 9.17) is 0 Å². The number of carbonyl (C=O) groups excluding carboxylic acids is 1. The first-order chi connectivity index (χ1) is 10.7. The van der Waals surface area contributed by atoms with E-state index in [0.717, 1.165) is 30.4 Å². The third-order valence-corrected chi connectivity index (χ3v) is 4.90. The molecule has 0 heterocycles. The summed E-state index contributed by atoms with van der Waals surface area (Å²) in [6.07, 6.45) is 2.65. The number of amides is 1. The van der Waals surface area contributed by atoms with E-state index in [2.05, 4.69) is 48.6 Å². The van der Waals surface area contributed by atoms with Crippen molar-refractivity contribution in [2.75, 3.05) is 0 Å². The van der Waals surface area contributed by atoms with E-state index in [0.29, 0.717) is 0 Å². The fraction of sp³-hybridized carbons (Fsp3) is 0.250. The highest BCUT2D eigenvalue weighted by Crippen LogP contribution is 2.32. The molecule has 0 fully saturated rings. The topological polar surface area (TPSA) is 29.1 Å². The van der Waals surface area contributed by atoms with Gasteiger partial charge in [-0.3, -0.25) is 4.79 Å². The van der Waals surface area contributed by atoms with Crippen LogP contribution in [0.1, 0.15) is 29.2 Å². The zero-order chi connectivity index (χ0) is 15.1. The predicted molar refractivity (Wildman–Crippen MR) is 88.5 cm³/mol. The third kappa shape index (κ3) is 2.16. The number of allylic oxidation sites excluding steroid dienone is 1. The van der Waals surface area contributed by atoms with Crippen molar-refractivity contribution in [3.8, 4) is 0 Å². The first kappa shape index (κ1) is 13.3. The van der Waals surface area contributed by atoms with Gasteiger partial charge in [0.2, 0.25) is 5.91 Å². The summed E-state index contributed by atoms with van der Waals surface area (Å²) in [7, 11) is 0. The van der Waals surface area contributed by atoms with Crippen molar-refractivity contribution in [1.82, 2.24) is 5.32 Å². The van der Waals surface area contributed by atoms with E-state index in [1.54, 1.807) is 0 Å². The number of fused-ring (bicyclic) bond motifs is 2. The maximum Gasteiger partial charge on any atom is 0.248 e. The van der Waals surface area contributed by atoms with E-state index in [1.807, 2.05) is 12.1 Å². The van der Waals surface area contributed by atoms with Crippen molar-refractivity contribution in [2.45, 2.75) is 32.2 Å². The summed E-state index contributed by atoms with van der Waals surface area (Å²) in [4.78, 5) is 12.7. The summed E-state index contributed by atoms with van der Waals surface area (Å²) in [5.74, 6) is 0.103. The molecule has 0 bridgehead atoms. The van der Waals surface area contributed by atoms with Gasteiger partial charge < -0.3 is 5.32 Å². The SMILES string of the molecule is CC1=C(C(=O)NC2Cc3ccccc3C2)Cc2ccccc21. The largest absolute Gasteiger partial charge is 0.349 e. The summed E-state index contributed by atoms with van der Waals surface area (Å²) < 4.78 is 0. The predicted octanol–water partition coefficient (Wildman–Crippen LogP) is 3.30. The average Bonchev–Trinajstić information content (AvgIpc) is 3.08. The van der Waals surface area contributed by atoms with Crippen molar-refractivity contribution in [3.63, 3.8) is 0 Å². The normalized spacial score (nSPS) is 16.6. The van der Waals surface area contributed by atoms with Gasteiger partial charge in [0.05, 0.1) is 0 Å². The van der Waals surface area contributed by atoms with E-state index in [1.165, 1.54) is 22.3 Å². The van der Waals surface area contributed by atoms with Crippen LogP contribution in [0.3, 0.4) is 0 Å². The maximum absolute atomic E-state index is 12.7. The highest BCUT2D eigenvalue weighted by atomic mass is 16.1. The molecule has 0 radical (unpaired) electrons. The van der Waals surface area contributed by atoms with Crippen LogP contribution >= 0.6 is 0 Å². The Balaban J connectivity index is 1.50. The minimum Gasteiger partial charge on any atom is -0.349 e. The molecule has 0 aromatic heterocycles. The molecular weight excluding hydrogens is 270 g/mol. The lowest BCUT2D eigenvalue weighted by Gasteiger charge is -2.13. The first-order valence-corrected chi connectivity index (χ1v) is 7.88. The van der Waals surface area contributed by atoms with Crippen LogP contribution in [-0.4, -0.2) is 11.9 Å². The highest BCUT2D eigenvalue weighted by molar-refractivity contribution is 6.03. The van der Waals surface area contributed by atoms with E-state index < -0.39 is 0 Å². The fourth-order valence-corrected chi connectivity index (χ4v) is 3.71. The summed E-state index contributed by atoms with van der Waals surface area (Å²) in [6.45, 7) is 2.06. The average molecular weight is 289 g/mol. The Kier molecular flexibility index (Phi) is 3.11. The highest BCUT2D eigenvalue weighted by Gasteiger charge is 2.27. The molecule has 0 aliphatic heterocycles. The number of rotatable bonds is 2. The second-order valence-corrected chi connectivity index (χ2v) is 6.28. The molecule has 2 aromatic rings. The Morgan fingerprint density at radius 3 is 2.18 bits per heavy atom. The molecule has 4 rings (SSSR count). The summed E-state index contributed by atoms with van der Waals surface area (Å²) in [5, 5.41) is 3.24. The first-order valence-electron chi connectivity index (χ1n) is 7.88. The van der Waals surface area contributed by atoms with Crippen LogP contribution in [0.4, 0.5) is 0 Å². The lowest BCUT2D eigenvalue weighted by molar-refractivity contribution is -0.118. The number of benzene rings is 2. The van der Waals surface area contributed by atoms with Gasteiger partial charge in [0, 0.05) is 18.0 Å². The molecule has 1 amide bonds. The van der Waals surface area contributed by atoms with E-state index in [9.17, 15) is 4.79 Å². The van der Waals surface area contributed by atoms with Crippen LogP contribution in [0.15, 0.2) is 54.1 Å². The minimum atomic E-state index is 0.103. The molecule has 22 heavy (non-hydrogen) atoms. The van der Waals surface area contributed by atoms with Gasteiger partial charge in [0.25, 0.3) is 0 Å². The summed E-state index contributed by atoms with van der Waals surface area (Å²) in [6, 6.07) is 17.0. The van der Waals surface area contributed by atoms with E-state index in [-0.39, 0.29) is 11.9 Å². The fourth-order valence-electron chi connectivity index (χ4n) is 3.71. The van der Waals surface area contributed by atoms with Gasteiger partial charge in [0.15, 0.2) is 0 Å². The Hall–Kier alpha value is -2.35. The van der Waals surface area contributed by atoms with Gasteiger partial charge in [-0.1, -0.05) is 48.5 Å². The van der Waals surface area contributed by atoms with Crippen molar-refractivity contribution >= 4 is 11.5 Å². The Morgan fingerprint density at radius 1 is 0.955 bits per heavy atom. The van der Waals surface area contributed by atoms with Crippen LogP contribution in [0, 0.1) is 0 Å². The molecule has 2 nitrogen and oxygen atoms in total. The van der Waals surface area contributed by atoms with Gasteiger partial charge in [-0.05, 0) is 47.6 Å². The minimum absolute atomic E-state index is 0.103. The zero-order valence-electron chi connectivity index (χ0n) is 12.7. The van der Waals surface area contributed by atoms with Crippen molar-refractivity contribution in [2.24, 2.45) is 0 Å². The van der Waals surface area contributed by atoms with Crippen molar-refractivity contribution < 1.29 is 4.79 Å². The molecule has 2 heteroatoms. The van der Waals surface area contributed by atoms with E-state index >= 15 is 0 Å². The van der Waals surface area contributed by atoms with Gasteiger partial charge >= 0.3 is 0 Å². The van der Waals surface area contributed by atoms with Crippen LogP contribution in [0.2, 0.25) is 0 Å². The Bertz CT molecular complexity index is 763. The van der Waals surface area contributed by atoms with Crippen LogP contribution in [0.25, 0.3) is 5.57 Å². The lowest BCUT2D eigenvalue weighted by atomic mass is 10.1. The zero-order valence-corrected chi connectivity index (χ0v) is 12.7. The standard InChI is InChI=1S/C20H19NO/c1-13-18-9-5-4-8-16(18)12-19(13)20(22)21-17-10-14-6-2-3-7-15(14)11-17/h2-9,17H,10-12H2,1H3,(H,21,22). The quantitative estimate of drug-likeness (QED) is 0.903. The molecule has 0 saturated carbocycles. The van der Waals surface area contributed by atoms with Gasteiger partial charge in [-0.25, -0.2) is 0 Å². The van der Waals surface area contributed by atoms with Gasteiger partial charge in [-0.15, -0.1) is 0 Å². The molecule has 2 aliphatic carbocycles. The van der Waals surface area contributed by atoms with Gasteiger partial charge in [0.1, 0.15) is 0 Å². The molecule has 0 atom stereocenters. The maximum atomic E-state index is 12.7. The Morgan fingerprint density at radius 2 is 1.55 bits per heavy atom. The molecule has 1 N–H and O–H groups in total. The molecule has 0 saturated heterocycles. The summed E-state index contributed by atoms with van der Waals surface area (Å²) >= 11 is 0. The lowest BCUT2D eigenvalue weighted by Crippen LogP contribution is -2.36. The molecule has 2 aromatic carbocycles. The molecule has 2 aliphatic rings. The van der Waals surface area contributed by atoms with Gasteiger partial charge in [-0.2, -0.15) is 0 Å².